The molecule has 0 unspecified atom stereocenters. The first kappa shape index (κ1) is 12.7. The van der Waals surface area contributed by atoms with Gasteiger partial charge in [-0.1, -0.05) is 0 Å². The van der Waals surface area contributed by atoms with Crippen molar-refractivity contribution >= 4 is 27.5 Å². The van der Waals surface area contributed by atoms with E-state index in [9.17, 15) is 9.18 Å². The molecule has 0 atom stereocenters. The molecule has 0 radical (unpaired) electrons. The van der Waals surface area contributed by atoms with Gasteiger partial charge in [-0.15, -0.1) is 0 Å². The molecule has 0 spiro atoms. The Morgan fingerprint density at radius 3 is 2.72 bits per heavy atom. The number of amides is 1. The summed E-state index contributed by atoms with van der Waals surface area (Å²) in [6, 6.07) is 7.67. The topological polar surface area (TPSA) is 42.0 Å². The number of nitrogens with one attached hydrogen (secondary N) is 1. The van der Waals surface area contributed by atoms with Crippen LogP contribution < -0.4 is 5.32 Å². The molecule has 0 saturated heterocycles. The number of nitrogens with zero attached hydrogens (tertiary/aromatic N) is 1. The highest BCUT2D eigenvalue weighted by atomic mass is 79.9. The maximum absolute atomic E-state index is 13.2. The summed E-state index contributed by atoms with van der Waals surface area (Å²) >= 11 is 3.24. The Labute approximate surface area is 112 Å². The molecular formula is C13H10BrFN2O. The third kappa shape index (κ3) is 3.13. The number of pyridine rings is 1. The maximum atomic E-state index is 13.2. The number of carbonyl (C=O) groups is 1. The Morgan fingerprint density at radius 2 is 2.11 bits per heavy atom. The third-order valence-corrected chi connectivity index (χ3v) is 2.73. The molecule has 1 amide bonds. The quantitative estimate of drug-likeness (QED) is 0.922. The van der Waals surface area contributed by atoms with Crippen molar-refractivity contribution in [1.82, 2.24) is 4.98 Å². The van der Waals surface area contributed by atoms with Crippen LogP contribution in [0.25, 0.3) is 0 Å². The first-order valence-electron chi connectivity index (χ1n) is 5.25. The number of anilines is 1. The van der Waals surface area contributed by atoms with Gasteiger partial charge in [0.15, 0.2) is 0 Å². The van der Waals surface area contributed by atoms with Gasteiger partial charge in [0.2, 0.25) is 0 Å². The highest BCUT2D eigenvalue weighted by Gasteiger charge is 2.08. The third-order valence-electron chi connectivity index (χ3n) is 2.26. The van der Waals surface area contributed by atoms with E-state index in [1.807, 2.05) is 0 Å². The van der Waals surface area contributed by atoms with Crippen LogP contribution in [0, 0.1) is 12.7 Å². The number of hydrogen-bond donors (Lipinski definition) is 1. The van der Waals surface area contributed by atoms with Crippen molar-refractivity contribution in [3.8, 4) is 0 Å². The SMILES string of the molecule is Cc1cc(F)cc(NC(=O)c2ccc(Br)cn2)c1. The van der Waals surface area contributed by atoms with Gasteiger partial charge in [0, 0.05) is 16.4 Å². The first-order chi connectivity index (χ1) is 8.54. The molecule has 1 heterocycles. The molecule has 2 aromatic rings. The van der Waals surface area contributed by atoms with E-state index < -0.39 is 0 Å². The molecule has 0 bridgehead atoms. The molecule has 5 heteroatoms. The summed E-state index contributed by atoms with van der Waals surface area (Å²) in [5.41, 5.74) is 1.44. The minimum absolute atomic E-state index is 0.278. The van der Waals surface area contributed by atoms with Crippen LogP contribution in [-0.4, -0.2) is 10.9 Å². The Kier molecular flexibility index (Phi) is 3.72. The van der Waals surface area contributed by atoms with E-state index in [2.05, 4.69) is 26.2 Å². The lowest BCUT2D eigenvalue weighted by Crippen LogP contribution is -2.13. The van der Waals surface area contributed by atoms with Crippen LogP contribution in [0.4, 0.5) is 10.1 Å². The van der Waals surface area contributed by atoms with Crippen LogP contribution in [0.15, 0.2) is 41.0 Å². The molecule has 92 valence electrons. The number of hydrogen-bond acceptors (Lipinski definition) is 2. The Balaban J connectivity index is 2.18. The van der Waals surface area contributed by atoms with Gasteiger partial charge < -0.3 is 5.32 Å². The summed E-state index contributed by atoms with van der Waals surface area (Å²) in [5, 5.41) is 2.60. The van der Waals surface area contributed by atoms with Crippen LogP contribution in [-0.2, 0) is 0 Å². The van der Waals surface area contributed by atoms with Crippen LogP contribution in [0.1, 0.15) is 16.1 Å². The van der Waals surface area contributed by atoms with Gasteiger partial charge in [-0.2, -0.15) is 0 Å². The molecule has 0 aliphatic carbocycles. The van der Waals surface area contributed by atoms with Crippen molar-refractivity contribution in [3.05, 3.63) is 58.1 Å². The first-order valence-corrected chi connectivity index (χ1v) is 6.04. The van der Waals surface area contributed by atoms with E-state index >= 15 is 0 Å². The smallest absolute Gasteiger partial charge is 0.274 e. The van der Waals surface area contributed by atoms with Crippen LogP contribution in [0.2, 0.25) is 0 Å². The fraction of sp³-hybridized carbons (Fsp3) is 0.0769. The molecule has 0 aliphatic rings. The zero-order valence-electron chi connectivity index (χ0n) is 9.58. The lowest BCUT2D eigenvalue weighted by Gasteiger charge is -2.06. The Hall–Kier alpha value is -1.75. The van der Waals surface area contributed by atoms with E-state index in [0.29, 0.717) is 5.69 Å². The second-order valence-electron chi connectivity index (χ2n) is 3.83. The molecule has 1 aromatic carbocycles. The fourth-order valence-corrected chi connectivity index (χ4v) is 1.75. The fourth-order valence-electron chi connectivity index (χ4n) is 1.51. The second kappa shape index (κ2) is 5.27. The minimum atomic E-state index is -0.380. The van der Waals surface area contributed by atoms with Crippen molar-refractivity contribution in [2.45, 2.75) is 6.92 Å². The van der Waals surface area contributed by atoms with Crippen LogP contribution in [0.5, 0.6) is 0 Å². The normalized spacial score (nSPS) is 10.2. The average Bonchev–Trinajstić information content (AvgIpc) is 2.28. The largest absolute Gasteiger partial charge is 0.321 e. The number of halogens is 2. The minimum Gasteiger partial charge on any atom is -0.321 e. The number of aromatic nitrogens is 1. The van der Waals surface area contributed by atoms with Crippen molar-refractivity contribution in [2.75, 3.05) is 5.32 Å². The highest BCUT2D eigenvalue weighted by molar-refractivity contribution is 9.10. The predicted octanol–water partition coefficient (Wildman–Crippen LogP) is 3.54. The monoisotopic (exact) mass is 308 g/mol. The van der Waals surface area contributed by atoms with Crippen molar-refractivity contribution < 1.29 is 9.18 Å². The van der Waals surface area contributed by atoms with Gasteiger partial charge in [0.05, 0.1) is 0 Å². The van der Waals surface area contributed by atoms with E-state index in [4.69, 9.17) is 0 Å². The van der Waals surface area contributed by atoms with Crippen molar-refractivity contribution in [3.63, 3.8) is 0 Å². The zero-order valence-corrected chi connectivity index (χ0v) is 11.2. The Morgan fingerprint density at radius 1 is 1.33 bits per heavy atom. The second-order valence-corrected chi connectivity index (χ2v) is 4.75. The van der Waals surface area contributed by atoms with E-state index in [1.54, 1.807) is 25.1 Å². The van der Waals surface area contributed by atoms with Gasteiger partial charge in [-0.3, -0.25) is 4.79 Å². The van der Waals surface area contributed by atoms with Crippen LogP contribution >= 0.6 is 15.9 Å². The summed E-state index contributed by atoms with van der Waals surface area (Å²) in [6.45, 7) is 1.76. The molecule has 1 aromatic heterocycles. The van der Waals surface area contributed by atoms with Gasteiger partial charge in [0.1, 0.15) is 11.5 Å². The number of benzene rings is 1. The van der Waals surface area contributed by atoms with E-state index in [0.717, 1.165) is 10.0 Å². The van der Waals surface area contributed by atoms with Gasteiger partial charge >= 0.3 is 0 Å². The predicted molar refractivity (Wildman–Crippen MR) is 71.0 cm³/mol. The molecular weight excluding hydrogens is 299 g/mol. The summed E-state index contributed by atoms with van der Waals surface area (Å²) in [4.78, 5) is 15.8. The molecule has 18 heavy (non-hydrogen) atoms. The molecule has 2 rings (SSSR count). The average molecular weight is 309 g/mol. The summed E-state index contributed by atoms with van der Waals surface area (Å²) in [6.07, 6.45) is 1.53. The van der Waals surface area contributed by atoms with Crippen molar-refractivity contribution in [2.24, 2.45) is 0 Å². The summed E-state index contributed by atoms with van der Waals surface area (Å²) in [7, 11) is 0. The van der Waals surface area contributed by atoms with E-state index in [-0.39, 0.29) is 17.4 Å². The molecule has 0 aliphatic heterocycles. The van der Waals surface area contributed by atoms with Crippen molar-refractivity contribution in [1.29, 1.82) is 0 Å². The molecule has 0 saturated carbocycles. The lowest BCUT2D eigenvalue weighted by atomic mass is 10.2. The standard InChI is InChI=1S/C13H10BrFN2O/c1-8-4-10(15)6-11(5-8)17-13(18)12-3-2-9(14)7-16-12/h2-7H,1H3,(H,17,18). The molecule has 3 nitrogen and oxygen atoms in total. The number of rotatable bonds is 2. The highest BCUT2D eigenvalue weighted by Crippen LogP contribution is 2.14. The lowest BCUT2D eigenvalue weighted by molar-refractivity contribution is 0.102. The van der Waals surface area contributed by atoms with Gasteiger partial charge in [-0.05, 0) is 58.7 Å². The Bertz CT molecular complexity index is 564. The van der Waals surface area contributed by atoms with Gasteiger partial charge in [-0.25, -0.2) is 9.37 Å². The number of aryl methyl sites for hydroxylation is 1. The zero-order chi connectivity index (χ0) is 13.1. The van der Waals surface area contributed by atoms with Crippen LogP contribution in [0.3, 0.4) is 0 Å². The molecule has 1 N–H and O–H groups in total. The summed E-state index contributed by atoms with van der Waals surface area (Å²) < 4.78 is 14.0. The maximum Gasteiger partial charge on any atom is 0.274 e. The van der Waals surface area contributed by atoms with E-state index in [1.165, 1.54) is 18.3 Å². The summed E-state index contributed by atoms with van der Waals surface area (Å²) in [5.74, 6) is -0.749. The van der Waals surface area contributed by atoms with Gasteiger partial charge in [0.25, 0.3) is 5.91 Å². The molecule has 0 fully saturated rings. The number of carbonyl (C=O) groups excluding carboxylic acids is 1.